The number of esters is 3. The van der Waals surface area contributed by atoms with Crippen molar-refractivity contribution in [3.63, 3.8) is 0 Å². The third kappa shape index (κ3) is 8.36. The molecular formula is C43H42N2O9. The monoisotopic (exact) mass is 730 g/mol. The summed E-state index contributed by atoms with van der Waals surface area (Å²) in [5, 5.41) is 0. The van der Waals surface area contributed by atoms with E-state index >= 15 is 0 Å². The SMILES string of the molecule is COC(=O)c1ccc(Oc2ccc(C(C)(C)c3ccc(Oc4ccc(C(=O)OC)c(C(=O)N(C)c5ccc(N(C)C)cc5)c4)cc3)cc2)cc1C(=O)OC. The third-order valence-electron chi connectivity index (χ3n) is 9.11. The molecule has 0 fully saturated rings. The molecule has 0 unspecified atom stereocenters. The van der Waals surface area contributed by atoms with Crippen LogP contribution in [0.15, 0.2) is 109 Å². The first-order valence-electron chi connectivity index (χ1n) is 16.9. The number of hydrogen-bond donors (Lipinski definition) is 0. The highest BCUT2D eigenvalue weighted by Crippen LogP contribution is 2.35. The molecule has 11 nitrogen and oxygen atoms in total. The minimum Gasteiger partial charge on any atom is -0.465 e. The lowest BCUT2D eigenvalue weighted by atomic mass is 9.78. The highest BCUT2D eigenvalue weighted by atomic mass is 16.5. The van der Waals surface area contributed by atoms with Crippen molar-refractivity contribution in [3.05, 3.63) is 143 Å². The van der Waals surface area contributed by atoms with E-state index in [0.29, 0.717) is 28.7 Å². The maximum absolute atomic E-state index is 13.7. The number of hydrogen-bond acceptors (Lipinski definition) is 10. The average Bonchev–Trinajstić information content (AvgIpc) is 3.19. The van der Waals surface area contributed by atoms with Gasteiger partial charge in [0, 0.05) is 37.9 Å². The molecule has 5 rings (SSSR count). The number of anilines is 2. The predicted molar refractivity (Wildman–Crippen MR) is 206 cm³/mol. The number of ether oxygens (including phenoxy) is 5. The zero-order valence-electron chi connectivity index (χ0n) is 31.5. The quantitative estimate of drug-likeness (QED) is 0.0916. The van der Waals surface area contributed by atoms with Crippen LogP contribution in [0, 0.1) is 0 Å². The molecule has 54 heavy (non-hydrogen) atoms. The van der Waals surface area contributed by atoms with Gasteiger partial charge in [-0.3, -0.25) is 4.79 Å². The van der Waals surface area contributed by atoms with Gasteiger partial charge in [0.05, 0.1) is 43.6 Å². The molecule has 0 saturated carbocycles. The summed E-state index contributed by atoms with van der Waals surface area (Å²) >= 11 is 0. The van der Waals surface area contributed by atoms with Gasteiger partial charge >= 0.3 is 17.9 Å². The van der Waals surface area contributed by atoms with Gasteiger partial charge in [-0.2, -0.15) is 0 Å². The van der Waals surface area contributed by atoms with Crippen molar-refractivity contribution in [2.24, 2.45) is 0 Å². The Bertz CT molecular complexity index is 2160. The van der Waals surface area contributed by atoms with Gasteiger partial charge in [0.2, 0.25) is 0 Å². The van der Waals surface area contributed by atoms with Crippen LogP contribution in [0.3, 0.4) is 0 Å². The van der Waals surface area contributed by atoms with Crippen LogP contribution in [-0.2, 0) is 19.6 Å². The summed E-state index contributed by atoms with van der Waals surface area (Å²) in [7, 11) is 9.27. The zero-order chi connectivity index (χ0) is 39.2. The van der Waals surface area contributed by atoms with E-state index in [1.807, 2.05) is 91.8 Å². The Morgan fingerprint density at radius 3 is 1.26 bits per heavy atom. The topological polar surface area (TPSA) is 121 Å². The van der Waals surface area contributed by atoms with Crippen LogP contribution in [0.5, 0.6) is 23.0 Å². The third-order valence-corrected chi connectivity index (χ3v) is 9.11. The first-order chi connectivity index (χ1) is 25.8. The molecule has 0 aromatic heterocycles. The maximum Gasteiger partial charge on any atom is 0.338 e. The number of carbonyl (C=O) groups excluding carboxylic acids is 4. The summed E-state index contributed by atoms with van der Waals surface area (Å²) in [6, 6.07) is 31.9. The Kier molecular flexibility index (Phi) is 11.7. The summed E-state index contributed by atoms with van der Waals surface area (Å²) in [5.41, 5.74) is 3.66. The second-order valence-corrected chi connectivity index (χ2v) is 13.0. The number of amides is 1. The first-order valence-corrected chi connectivity index (χ1v) is 16.9. The molecule has 0 aliphatic heterocycles. The molecule has 0 saturated heterocycles. The molecule has 0 spiro atoms. The van der Waals surface area contributed by atoms with Crippen molar-refractivity contribution in [1.29, 1.82) is 0 Å². The minimum atomic E-state index is -0.684. The lowest BCUT2D eigenvalue weighted by Gasteiger charge is -2.26. The molecule has 0 heterocycles. The molecule has 0 aliphatic rings. The van der Waals surface area contributed by atoms with Crippen LogP contribution >= 0.6 is 0 Å². The molecule has 278 valence electrons. The van der Waals surface area contributed by atoms with Gasteiger partial charge in [-0.1, -0.05) is 38.1 Å². The maximum atomic E-state index is 13.7. The Morgan fingerprint density at radius 2 is 0.833 bits per heavy atom. The number of benzene rings is 5. The molecule has 0 aliphatic carbocycles. The Hall–Kier alpha value is -6.62. The van der Waals surface area contributed by atoms with E-state index in [1.54, 1.807) is 25.2 Å². The van der Waals surface area contributed by atoms with Gasteiger partial charge in [0.25, 0.3) is 5.91 Å². The molecule has 11 heteroatoms. The predicted octanol–water partition coefficient (Wildman–Crippen LogP) is 8.30. The van der Waals surface area contributed by atoms with Gasteiger partial charge < -0.3 is 33.5 Å². The molecular weight excluding hydrogens is 688 g/mol. The Morgan fingerprint density at radius 1 is 0.463 bits per heavy atom. The van der Waals surface area contributed by atoms with E-state index in [1.165, 1.54) is 44.4 Å². The number of nitrogens with zero attached hydrogens (tertiary/aromatic N) is 2. The highest BCUT2D eigenvalue weighted by molar-refractivity contribution is 6.12. The number of rotatable bonds is 12. The second kappa shape index (κ2) is 16.4. The summed E-state index contributed by atoms with van der Waals surface area (Å²) in [5.74, 6) is -0.563. The van der Waals surface area contributed by atoms with Crippen LogP contribution in [-0.4, -0.2) is 66.3 Å². The largest absolute Gasteiger partial charge is 0.465 e. The van der Waals surface area contributed by atoms with Gasteiger partial charge in [-0.05, 0) is 96.1 Å². The lowest BCUT2D eigenvalue weighted by Crippen LogP contribution is -2.28. The molecule has 0 N–H and O–H groups in total. The van der Waals surface area contributed by atoms with E-state index in [9.17, 15) is 19.2 Å². The van der Waals surface area contributed by atoms with E-state index in [-0.39, 0.29) is 22.3 Å². The van der Waals surface area contributed by atoms with Gasteiger partial charge in [0.15, 0.2) is 0 Å². The van der Waals surface area contributed by atoms with E-state index in [0.717, 1.165) is 16.8 Å². The Balaban J connectivity index is 1.31. The fourth-order valence-corrected chi connectivity index (χ4v) is 5.80. The summed E-state index contributed by atoms with van der Waals surface area (Å²) in [6.07, 6.45) is 0. The van der Waals surface area contributed by atoms with E-state index in [2.05, 4.69) is 13.8 Å². The van der Waals surface area contributed by atoms with Crippen molar-refractivity contribution in [2.75, 3.05) is 52.3 Å². The highest BCUT2D eigenvalue weighted by Gasteiger charge is 2.25. The molecule has 1 amide bonds. The summed E-state index contributed by atoms with van der Waals surface area (Å²) < 4.78 is 26.7. The zero-order valence-corrected chi connectivity index (χ0v) is 31.5. The lowest BCUT2D eigenvalue weighted by molar-refractivity contribution is 0.0555. The van der Waals surface area contributed by atoms with Crippen LogP contribution in [0.4, 0.5) is 11.4 Å². The fourth-order valence-electron chi connectivity index (χ4n) is 5.80. The number of carbonyl (C=O) groups is 4. The van der Waals surface area contributed by atoms with Crippen LogP contribution in [0.25, 0.3) is 0 Å². The smallest absolute Gasteiger partial charge is 0.338 e. The van der Waals surface area contributed by atoms with Crippen molar-refractivity contribution in [2.45, 2.75) is 19.3 Å². The normalized spacial score (nSPS) is 10.9. The summed E-state index contributed by atoms with van der Waals surface area (Å²) in [6.45, 7) is 4.20. The van der Waals surface area contributed by atoms with Crippen LogP contribution < -0.4 is 19.3 Å². The molecule has 5 aromatic rings. The van der Waals surface area contributed by atoms with Crippen molar-refractivity contribution in [1.82, 2.24) is 0 Å². The van der Waals surface area contributed by atoms with Gasteiger partial charge in [0.1, 0.15) is 23.0 Å². The standard InChI is InChI=1S/C43H42N2O9/c1-43(2,28-11-19-32(20-12-28)54-34-22-24-36(41(48)51-7)38(26-34)42(49)52-8)27-9-17-31(18-10-27)53-33-21-23-35(40(47)50-6)37(25-33)39(46)45(5)30-15-13-29(14-16-30)44(3)4/h9-26H,1-8H3. The second-order valence-electron chi connectivity index (χ2n) is 13.0. The molecule has 0 atom stereocenters. The van der Waals surface area contributed by atoms with Crippen molar-refractivity contribution < 1.29 is 42.9 Å². The number of methoxy groups -OCH3 is 3. The minimum absolute atomic E-state index is 0.0359. The average molecular weight is 731 g/mol. The van der Waals surface area contributed by atoms with Crippen molar-refractivity contribution >= 4 is 35.2 Å². The fraction of sp³-hybridized carbons (Fsp3) is 0.209. The Labute approximate surface area is 314 Å². The van der Waals surface area contributed by atoms with Crippen molar-refractivity contribution in [3.8, 4) is 23.0 Å². The van der Waals surface area contributed by atoms with E-state index < -0.39 is 29.2 Å². The molecule has 0 radical (unpaired) electrons. The van der Waals surface area contributed by atoms with E-state index in [4.69, 9.17) is 23.7 Å². The van der Waals surface area contributed by atoms with Gasteiger partial charge in [-0.25, -0.2) is 14.4 Å². The molecule has 5 aromatic carbocycles. The van der Waals surface area contributed by atoms with Crippen LogP contribution in [0.2, 0.25) is 0 Å². The first kappa shape index (κ1) is 38.6. The van der Waals surface area contributed by atoms with Gasteiger partial charge in [-0.15, -0.1) is 0 Å². The summed E-state index contributed by atoms with van der Waals surface area (Å²) in [4.78, 5) is 54.2. The van der Waals surface area contributed by atoms with Crippen LogP contribution in [0.1, 0.15) is 66.4 Å². The molecule has 0 bridgehead atoms.